The second-order valence-corrected chi connectivity index (χ2v) is 9.83. The molecule has 2 heterocycles. The van der Waals surface area contributed by atoms with Crippen molar-refractivity contribution in [3.05, 3.63) is 35.9 Å². The van der Waals surface area contributed by atoms with Crippen molar-refractivity contribution in [3.63, 3.8) is 0 Å². The molecular weight excluding hydrogens is 444 g/mol. The minimum atomic E-state index is -1.80. The van der Waals surface area contributed by atoms with Gasteiger partial charge in [0.15, 0.2) is 5.41 Å². The highest BCUT2D eigenvalue weighted by atomic mass is 16.8. The van der Waals surface area contributed by atoms with Crippen molar-refractivity contribution in [2.24, 2.45) is 11.3 Å². The first-order valence-electron chi connectivity index (χ1n) is 11.4. The second kappa shape index (κ2) is 8.41. The fraction of sp³-hybridized carbons (Fsp3) is 0.640. The number of cyclic esters (lactones) is 2. The molecule has 0 bridgehead atoms. The van der Waals surface area contributed by atoms with Gasteiger partial charge in [-0.15, -0.1) is 0 Å². The van der Waals surface area contributed by atoms with Gasteiger partial charge >= 0.3 is 11.9 Å². The van der Waals surface area contributed by atoms with Gasteiger partial charge in [-0.25, -0.2) is 0 Å². The van der Waals surface area contributed by atoms with Crippen LogP contribution in [0.4, 0.5) is 0 Å². The molecule has 34 heavy (non-hydrogen) atoms. The molecule has 9 heteroatoms. The summed E-state index contributed by atoms with van der Waals surface area (Å²) in [6, 6.07) is 9.01. The third-order valence-corrected chi connectivity index (χ3v) is 7.52. The molecule has 2 aliphatic heterocycles. The number of methoxy groups -OCH3 is 2. The number of ketones is 1. The zero-order chi connectivity index (χ0) is 24.9. The van der Waals surface area contributed by atoms with Gasteiger partial charge < -0.3 is 28.4 Å². The molecule has 0 N–H and O–H groups in total. The summed E-state index contributed by atoms with van der Waals surface area (Å²) in [6.07, 6.45) is -0.938. The maximum atomic E-state index is 13.8. The Morgan fingerprint density at radius 3 is 2.00 bits per heavy atom. The molecule has 186 valence electrons. The first-order chi connectivity index (χ1) is 15.9. The SMILES string of the molecule is CO[C@]1(C)OC[C@@H]([C@H]2CC(=O)C[C@@H](c3ccccc3)C23C(=O)OC(C)(C)OC3=O)O[C@@]1(C)OC. The van der Waals surface area contributed by atoms with Gasteiger partial charge in [-0.3, -0.25) is 14.4 Å². The van der Waals surface area contributed by atoms with Crippen molar-refractivity contribution in [1.82, 2.24) is 0 Å². The predicted octanol–water partition coefficient (Wildman–Crippen LogP) is 2.71. The number of ether oxygens (including phenoxy) is 6. The Kier molecular flexibility index (Phi) is 6.13. The molecule has 9 nitrogen and oxygen atoms in total. The number of carbonyl (C=O) groups excluding carboxylic acids is 3. The van der Waals surface area contributed by atoms with Gasteiger partial charge in [0.1, 0.15) is 5.78 Å². The van der Waals surface area contributed by atoms with E-state index in [1.807, 2.05) is 6.07 Å². The number of carbonyl (C=O) groups is 3. The molecule has 3 fully saturated rings. The van der Waals surface area contributed by atoms with E-state index in [-0.39, 0.29) is 25.2 Å². The Labute approximate surface area is 199 Å². The lowest BCUT2D eigenvalue weighted by Gasteiger charge is -2.55. The van der Waals surface area contributed by atoms with Gasteiger partial charge in [0, 0.05) is 52.7 Å². The number of Topliss-reactive ketones (excluding diaryl/α,β-unsaturated/α-hetero) is 1. The van der Waals surface area contributed by atoms with E-state index in [1.54, 1.807) is 38.1 Å². The number of rotatable bonds is 4. The minimum Gasteiger partial charge on any atom is -0.422 e. The number of hydrogen-bond donors (Lipinski definition) is 0. The second-order valence-electron chi connectivity index (χ2n) is 9.83. The molecule has 1 saturated carbocycles. The molecule has 2 saturated heterocycles. The molecule has 1 aromatic carbocycles. The highest BCUT2D eigenvalue weighted by Crippen LogP contribution is 2.57. The van der Waals surface area contributed by atoms with Crippen LogP contribution < -0.4 is 0 Å². The summed E-state index contributed by atoms with van der Waals surface area (Å²) in [5.41, 5.74) is -1.13. The van der Waals surface area contributed by atoms with E-state index in [9.17, 15) is 14.4 Å². The summed E-state index contributed by atoms with van der Waals surface area (Å²) in [5.74, 6) is -7.32. The Hall–Kier alpha value is -2.33. The van der Waals surface area contributed by atoms with Gasteiger partial charge in [-0.1, -0.05) is 30.3 Å². The van der Waals surface area contributed by atoms with Crippen molar-refractivity contribution >= 4 is 17.7 Å². The average molecular weight is 477 g/mol. The maximum Gasteiger partial charge on any atom is 0.327 e. The van der Waals surface area contributed by atoms with E-state index < -0.39 is 52.7 Å². The summed E-state index contributed by atoms with van der Waals surface area (Å²) in [6.45, 7) is 6.29. The standard InChI is InChI=1S/C25H32O9/c1-22(2)33-20(27)25(21(28)34-22)17(15-10-8-7-9-11-15)12-16(26)13-18(25)19-14-31-23(3,29-5)24(4,30-6)32-19/h7-11,17-19H,12-14H2,1-6H3/t17-,18+,19-,23+,24+/m0/s1. The molecule has 0 amide bonds. The van der Waals surface area contributed by atoms with Crippen LogP contribution in [-0.2, 0) is 42.8 Å². The van der Waals surface area contributed by atoms with Crippen LogP contribution in [0.25, 0.3) is 0 Å². The van der Waals surface area contributed by atoms with E-state index >= 15 is 0 Å². The van der Waals surface area contributed by atoms with Gasteiger partial charge in [0.05, 0.1) is 12.7 Å². The highest BCUT2D eigenvalue weighted by Gasteiger charge is 2.70. The Morgan fingerprint density at radius 2 is 1.44 bits per heavy atom. The van der Waals surface area contributed by atoms with Crippen molar-refractivity contribution in [2.75, 3.05) is 20.8 Å². The summed E-state index contributed by atoms with van der Waals surface area (Å²) in [5, 5.41) is 0. The third-order valence-electron chi connectivity index (χ3n) is 7.52. The molecule has 0 aromatic heterocycles. The quantitative estimate of drug-likeness (QED) is 0.479. The first-order valence-corrected chi connectivity index (χ1v) is 11.4. The zero-order valence-corrected chi connectivity index (χ0v) is 20.4. The normalized spacial score (nSPS) is 37.2. The van der Waals surface area contributed by atoms with Gasteiger partial charge in [0.2, 0.25) is 11.6 Å². The lowest BCUT2D eigenvalue weighted by Crippen LogP contribution is -2.68. The predicted molar refractivity (Wildman–Crippen MR) is 117 cm³/mol. The lowest BCUT2D eigenvalue weighted by atomic mass is 9.55. The van der Waals surface area contributed by atoms with Crippen molar-refractivity contribution < 1.29 is 42.8 Å². The topological polar surface area (TPSA) is 107 Å². The van der Waals surface area contributed by atoms with E-state index in [2.05, 4.69) is 0 Å². The van der Waals surface area contributed by atoms with Crippen LogP contribution in [0.2, 0.25) is 0 Å². The van der Waals surface area contributed by atoms with E-state index in [0.717, 1.165) is 0 Å². The third kappa shape index (κ3) is 3.66. The molecule has 0 radical (unpaired) electrons. The molecule has 0 unspecified atom stereocenters. The largest absolute Gasteiger partial charge is 0.422 e. The van der Waals surface area contributed by atoms with Crippen LogP contribution >= 0.6 is 0 Å². The molecule has 1 aliphatic carbocycles. The fourth-order valence-corrected chi connectivity index (χ4v) is 5.41. The molecule has 1 spiro atoms. The zero-order valence-electron chi connectivity index (χ0n) is 20.4. The highest BCUT2D eigenvalue weighted by molar-refractivity contribution is 6.05. The Morgan fingerprint density at radius 1 is 0.853 bits per heavy atom. The van der Waals surface area contributed by atoms with E-state index in [4.69, 9.17) is 28.4 Å². The first kappa shape index (κ1) is 24.8. The number of hydrogen-bond acceptors (Lipinski definition) is 9. The fourth-order valence-electron chi connectivity index (χ4n) is 5.41. The van der Waals surface area contributed by atoms with Crippen molar-refractivity contribution in [3.8, 4) is 0 Å². The smallest absolute Gasteiger partial charge is 0.327 e. The van der Waals surface area contributed by atoms with Crippen molar-refractivity contribution in [2.45, 2.75) is 69.9 Å². The van der Waals surface area contributed by atoms with E-state index in [1.165, 1.54) is 28.1 Å². The summed E-state index contributed by atoms with van der Waals surface area (Å²) in [7, 11) is 2.92. The Balaban J connectivity index is 1.84. The van der Waals surface area contributed by atoms with Gasteiger partial charge in [-0.2, -0.15) is 0 Å². The van der Waals surface area contributed by atoms with Gasteiger partial charge in [-0.05, 0) is 19.4 Å². The maximum absolute atomic E-state index is 13.8. The van der Waals surface area contributed by atoms with Gasteiger partial charge in [0.25, 0.3) is 5.79 Å². The molecule has 3 aliphatic rings. The Bertz CT molecular complexity index is 954. The molecule has 1 aromatic rings. The van der Waals surface area contributed by atoms with E-state index in [0.29, 0.717) is 5.56 Å². The minimum absolute atomic E-state index is 0.00392. The van der Waals surface area contributed by atoms with Crippen LogP contribution in [0.3, 0.4) is 0 Å². The lowest BCUT2D eigenvalue weighted by molar-refractivity contribution is -0.437. The van der Waals surface area contributed by atoms with Crippen molar-refractivity contribution in [1.29, 1.82) is 0 Å². The summed E-state index contributed by atoms with van der Waals surface area (Å²) < 4.78 is 34.8. The number of benzene rings is 1. The van der Waals surface area contributed by atoms with Crippen LogP contribution in [0.1, 0.15) is 52.0 Å². The monoisotopic (exact) mass is 476 g/mol. The summed E-state index contributed by atoms with van der Waals surface area (Å²) >= 11 is 0. The molecule has 4 rings (SSSR count). The number of esters is 2. The molecular formula is C25H32O9. The van der Waals surface area contributed by atoms with Crippen LogP contribution in [-0.4, -0.2) is 62.0 Å². The van der Waals surface area contributed by atoms with Crippen LogP contribution in [0.5, 0.6) is 0 Å². The van der Waals surface area contributed by atoms with Crippen LogP contribution in [0, 0.1) is 11.3 Å². The summed E-state index contributed by atoms with van der Waals surface area (Å²) in [4.78, 5) is 40.6. The average Bonchev–Trinajstić information content (AvgIpc) is 2.79. The van der Waals surface area contributed by atoms with Crippen LogP contribution in [0.15, 0.2) is 30.3 Å². The molecule has 5 atom stereocenters.